The van der Waals surface area contributed by atoms with Crippen molar-refractivity contribution in [3.05, 3.63) is 42.0 Å². The van der Waals surface area contributed by atoms with Gasteiger partial charge in [0.1, 0.15) is 10.1 Å². The molecule has 2 aromatic rings. The van der Waals surface area contributed by atoms with Crippen molar-refractivity contribution in [2.75, 3.05) is 0 Å². The van der Waals surface area contributed by atoms with Crippen molar-refractivity contribution in [2.24, 2.45) is 0 Å². The van der Waals surface area contributed by atoms with Crippen LogP contribution in [-0.2, 0) is 16.5 Å². The first-order valence-electron chi connectivity index (χ1n) is 9.00. The molecule has 2 aromatic carbocycles. The van der Waals surface area contributed by atoms with Gasteiger partial charge in [0.25, 0.3) is 0 Å². The number of aryl methyl sites for hydroxylation is 1. The minimum absolute atomic E-state index is 0. The molecule has 0 saturated heterocycles. The van der Waals surface area contributed by atoms with Crippen molar-refractivity contribution in [3.63, 3.8) is 0 Å². The van der Waals surface area contributed by atoms with Crippen LogP contribution in [0.2, 0.25) is 0 Å². The Hall–Kier alpha value is 0.246. The Balaban J connectivity index is 0.00000312. The average molecular weight is 387 g/mol. The third-order valence-corrected chi connectivity index (χ3v) is 5.36. The van der Waals surface area contributed by atoms with Crippen molar-refractivity contribution in [3.8, 4) is 0 Å². The predicted molar refractivity (Wildman–Crippen MR) is 98.2 cm³/mol. The average Bonchev–Trinajstić information content (AvgIpc) is 2.56. The third kappa shape index (κ3) is 7.79. The Labute approximate surface area is 194 Å². The molecule has 2 rings (SSSR count). The van der Waals surface area contributed by atoms with Gasteiger partial charge in [-0.2, -0.15) is 0 Å². The minimum atomic E-state index is -4.40. The van der Waals surface area contributed by atoms with E-state index < -0.39 is 10.1 Å². The van der Waals surface area contributed by atoms with E-state index in [4.69, 9.17) is 0 Å². The topological polar surface area (TPSA) is 57.2 Å². The summed E-state index contributed by atoms with van der Waals surface area (Å²) in [5, 5.41) is 1.87. The summed E-state index contributed by atoms with van der Waals surface area (Å²) in [6.07, 6.45) is 11.1. The van der Waals surface area contributed by atoms with Crippen molar-refractivity contribution in [1.82, 2.24) is 0 Å². The maximum absolute atomic E-state index is 11.2. The van der Waals surface area contributed by atoms with Gasteiger partial charge in [0.2, 0.25) is 0 Å². The molecule has 0 aromatic heterocycles. The van der Waals surface area contributed by atoms with E-state index in [2.05, 4.69) is 6.92 Å². The minimum Gasteiger partial charge on any atom is -0.744 e. The van der Waals surface area contributed by atoms with Gasteiger partial charge in [-0.25, -0.2) is 8.42 Å². The van der Waals surface area contributed by atoms with Gasteiger partial charge in [-0.05, 0) is 41.3 Å². The standard InChI is InChI=1S/C20H28O3S.K/c1-2-3-4-5-6-7-8-9-11-17-12-10-13-18-14-15-19(16-20(17)18)24(21,22)23;/h10,12-16H,2-9,11H2,1H3,(H,21,22,23);/q;+1/p-1. The molecule has 0 radical (unpaired) electrons. The summed E-state index contributed by atoms with van der Waals surface area (Å²) in [6.45, 7) is 2.23. The first kappa shape index (κ1) is 23.3. The van der Waals surface area contributed by atoms with E-state index in [1.165, 1.54) is 57.1 Å². The predicted octanol–water partition coefficient (Wildman–Crippen LogP) is 2.43. The van der Waals surface area contributed by atoms with Gasteiger partial charge in [0.15, 0.2) is 0 Å². The summed E-state index contributed by atoms with van der Waals surface area (Å²) in [5.41, 5.74) is 1.13. The van der Waals surface area contributed by atoms with Gasteiger partial charge in [0.05, 0.1) is 4.90 Å². The molecular formula is C20H27KO3S. The number of rotatable bonds is 10. The molecule has 0 heterocycles. The van der Waals surface area contributed by atoms with Crippen LogP contribution in [0.15, 0.2) is 41.3 Å². The molecule has 0 bridgehead atoms. The second kappa shape index (κ2) is 11.9. The summed E-state index contributed by atoms with van der Waals surface area (Å²) in [4.78, 5) is -0.140. The number of benzene rings is 2. The molecule has 5 heteroatoms. The van der Waals surface area contributed by atoms with Crippen LogP contribution in [0.1, 0.15) is 63.9 Å². The first-order valence-corrected chi connectivity index (χ1v) is 10.4. The summed E-state index contributed by atoms with van der Waals surface area (Å²) < 4.78 is 33.7. The molecule has 0 aliphatic rings. The van der Waals surface area contributed by atoms with E-state index in [1.54, 1.807) is 6.07 Å². The Morgan fingerprint density at radius 3 is 2.16 bits per heavy atom. The second-order valence-electron chi connectivity index (χ2n) is 6.48. The van der Waals surface area contributed by atoms with E-state index in [9.17, 15) is 13.0 Å². The van der Waals surface area contributed by atoms with Crippen LogP contribution in [0.5, 0.6) is 0 Å². The van der Waals surface area contributed by atoms with Gasteiger partial charge in [-0.1, -0.05) is 76.1 Å². The van der Waals surface area contributed by atoms with Gasteiger partial charge in [-0.3, -0.25) is 0 Å². The van der Waals surface area contributed by atoms with Crippen LogP contribution in [0, 0.1) is 0 Å². The monoisotopic (exact) mass is 386 g/mol. The van der Waals surface area contributed by atoms with E-state index in [-0.39, 0.29) is 56.3 Å². The maximum Gasteiger partial charge on any atom is 1.00 e. The maximum atomic E-state index is 11.2. The molecule has 132 valence electrons. The first-order chi connectivity index (χ1) is 11.5. The number of unbranched alkanes of at least 4 members (excludes halogenated alkanes) is 7. The molecule has 0 aliphatic carbocycles. The largest absolute Gasteiger partial charge is 1.00 e. The van der Waals surface area contributed by atoms with Crippen LogP contribution < -0.4 is 51.4 Å². The Bertz CT molecular complexity index is 757. The van der Waals surface area contributed by atoms with Crippen molar-refractivity contribution < 1.29 is 64.4 Å². The zero-order valence-electron chi connectivity index (χ0n) is 15.5. The summed E-state index contributed by atoms with van der Waals surface area (Å²) >= 11 is 0. The number of hydrogen-bond donors (Lipinski definition) is 0. The van der Waals surface area contributed by atoms with Crippen molar-refractivity contribution in [1.29, 1.82) is 0 Å². The molecule has 3 nitrogen and oxygen atoms in total. The smallest absolute Gasteiger partial charge is 0.744 e. The van der Waals surface area contributed by atoms with E-state index >= 15 is 0 Å². The molecule has 0 amide bonds. The van der Waals surface area contributed by atoms with Crippen LogP contribution in [-0.4, -0.2) is 13.0 Å². The number of fused-ring (bicyclic) bond motifs is 1. The molecular weight excluding hydrogens is 359 g/mol. The normalized spacial score (nSPS) is 11.4. The molecule has 0 spiro atoms. The fourth-order valence-electron chi connectivity index (χ4n) is 3.14. The summed E-state index contributed by atoms with van der Waals surface area (Å²) in [6, 6.07) is 10.6. The van der Waals surface area contributed by atoms with Crippen molar-refractivity contribution >= 4 is 20.9 Å². The van der Waals surface area contributed by atoms with Gasteiger partial charge >= 0.3 is 51.4 Å². The summed E-state index contributed by atoms with van der Waals surface area (Å²) in [7, 11) is -4.40. The molecule has 25 heavy (non-hydrogen) atoms. The fourth-order valence-corrected chi connectivity index (χ4v) is 3.64. The molecule has 0 unspecified atom stereocenters. The molecule has 0 fully saturated rings. The Kier molecular flexibility index (Phi) is 11.0. The SMILES string of the molecule is CCCCCCCCCCc1cccc2ccc(S(=O)(=O)[O-])cc12.[K+]. The van der Waals surface area contributed by atoms with Crippen molar-refractivity contribution in [2.45, 2.75) is 69.6 Å². The zero-order chi connectivity index (χ0) is 17.4. The third-order valence-electron chi connectivity index (χ3n) is 4.53. The zero-order valence-corrected chi connectivity index (χ0v) is 19.4. The Morgan fingerprint density at radius 1 is 0.880 bits per heavy atom. The van der Waals surface area contributed by atoms with Crippen LogP contribution in [0.3, 0.4) is 0 Å². The van der Waals surface area contributed by atoms with Crippen LogP contribution in [0.25, 0.3) is 10.8 Å². The Morgan fingerprint density at radius 2 is 1.52 bits per heavy atom. The van der Waals surface area contributed by atoms with Gasteiger partial charge in [-0.15, -0.1) is 0 Å². The quantitative estimate of drug-likeness (QED) is 0.358. The second-order valence-corrected chi connectivity index (χ2v) is 7.86. The van der Waals surface area contributed by atoms with Crippen LogP contribution >= 0.6 is 0 Å². The van der Waals surface area contributed by atoms with Crippen LogP contribution in [0.4, 0.5) is 0 Å². The molecule has 0 atom stereocenters. The van der Waals surface area contributed by atoms with E-state index in [0.717, 1.165) is 29.2 Å². The molecule has 0 saturated carbocycles. The van der Waals surface area contributed by atoms with Gasteiger partial charge in [0, 0.05) is 0 Å². The molecule has 0 N–H and O–H groups in total. The molecule has 0 aliphatic heterocycles. The van der Waals surface area contributed by atoms with E-state index in [1.807, 2.05) is 18.2 Å². The van der Waals surface area contributed by atoms with Gasteiger partial charge < -0.3 is 4.55 Å². The fraction of sp³-hybridized carbons (Fsp3) is 0.500. The summed E-state index contributed by atoms with van der Waals surface area (Å²) in [5.74, 6) is 0. The van der Waals surface area contributed by atoms with E-state index in [0.29, 0.717) is 0 Å². The number of hydrogen-bond acceptors (Lipinski definition) is 3.